The minimum Gasteiger partial charge on any atom is -0.393 e. The molecule has 4 heteroatoms. The zero-order valence-corrected chi connectivity index (χ0v) is 18.2. The molecule has 0 bridgehead atoms. The minimum atomic E-state index is -2.30. The molecule has 160 valence electrons. The molecule has 0 heterocycles. The average molecular weight is 393 g/mol. The summed E-state index contributed by atoms with van der Waals surface area (Å²) in [7, 11) is 0. The molecular formula is C24H40O4. The molecule has 9 atom stereocenters. The van der Waals surface area contributed by atoms with Crippen molar-refractivity contribution in [2.24, 2.45) is 46.3 Å². The maximum atomic E-state index is 13.3. The van der Waals surface area contributed by atoms with Crippen LogP contribution in [0.25, 0.3) is 0 Å². The molecule has 0 aromatic heterocycles. The highest BCUT2D eigenvalue weighted by atomic mass is 16.5. The second-order valence-electron chi connectivity index (χ2n) is 11.3. The molecule has 4 fully saturated rings. The number of aliphatic hydroxyl groups excluding tert-OH is 1. The van der Waals surface area contributed by atoms with E-state index in [1.54, 1.807) is 0 Å². The molecule has 0 aromatic carbocycles. The Morgan fingerprint density at radius 2 is 1.82 bits per heavy atom. The van der Waals surface area contributed by atoms with Crippen molar-refractivity contribution in [3.8, 4) is 0 Å². The van der Waals surface area contributed by atoms with Crippen LogP contribution in [0, 0.1) is 46.3 Å². The van der Waals surface area contributed by atoms with Gasteiger partial charge in [-0.05, 0) is 66.6 Å². The van der Waals surface area contributed by atoms with E-state index in [9.17, 15) is 20.1 Å². The lowest BCUT2D eigenvalue weighted by atomic mass is 9.43. The lowest BCUT2D eigenvalue weighted by Gasteiger charge is -2.62. The zero-order chi connectivity index (χ0) is 20.5. The summed E-state index contributed by atoms with van der Waals surface area (Å²) in [5.74, 6) is -2.79. The molecule has 4 nitrogen and oxygen atoms in total. The van der Waals surface area contributed by atoms with Crippen LogP contribution < -0.4 is 0 Å². The number of fused-ring (bicyclic) bond motifs is 5. The van der Waals surface area contributed by atoms with Crippen molar-refractivity contribution in [1.82, 2.24) is 0 Å². The molecule has 2 unspecified atom stereocenters. The zero-order valence-electron chi connectivity index (χ0n) is 18.2. The monoisotopic (exact) mass is 392 g/mol. The first-order chi connectivity index (χ1) is 13.1. The van der Waals surface area contributed by atoms with Gasteiger partial charge in [-0.1, -0.05) is 53.4 Å². The van der Waals surface area contributed by atoms with Crippen molar-refractivity contribution in [2.45, 2.75) is 97.4 Å². The Hall–Kier alpha value is -0.450. The Morgan fingerprint density at radius 1 is 1.11 bits per heavy atom. The first-order valence-corrected chi connectivity index (χ1v) is 11.8. The normalized spacial score (nSPS) is 51.2. The molecule has 0 radical (unpaired) electrons. The standard InChI is InChI=1S/C24H40O4/c1-5-8-14(2)19-21(26)24(27,28)20-18-16(10-12-23(19,20)4)22(3)11-7-6-9-15(22)13-17(18)25/h14-20,25,27-28H,5-13H2,1-4H3/t14-,15?,16+,17?,18+,19+,20+,22+,23-/m1/s1. The van der Waals surface area contributed by atoms with Gasteiger partial charge in [0.25, 0.3) is 0 Å². The number of Topliss-reactive ketones (excluding diaryl/α,β-unsaturated/α-hetero) is 1. The van der Waals surface area contributed by atoms with E-state index in [1.165, 1.54) is 25.7 Å². The van der Waals surface area contributed by atoms with Crippen LogP contribution in [0.15, 0.2) is 0 Å². The van der Waals surface area contributed by atoms with Gasteiger partial charge in [0.15, 0.2) is 5.78 Å². The molecule has 4 rings (SSSR count). The topological polar surface area (TPSA) is 77.8 Å². The molecule has 4 aliphatic rings. The predicted molar refractivity (Wildman–Crippen MR) is 108 cm³/mol. The first-order valence-electron chi connectivity index (χ1n) is 11.8. The maximum Gasteiger partial charge on any atom is 0.228 e. The summed E-state index contributed by atoms with van der Waals surface area (Å²) in [5, 5.41) is 33.5. The van der Waals surface area contributed by atoms with Gasteiger partial charge in [0.1, 0.15) is 0 Å². The summed E-state index contributed by atoms with van der Waals surface area (Å²) in [6.07, 6.45) is 8.81. The summed E-state index contributed by atoms with van der Waals surface area (Å²) in [6.45, 7) is 8.70. The molecule has 0 spiro atoms. The van der Waals surface area contributed by atoms with E-state index in [2.05, 4.69) is 27.7 Å². The number of aliphatic hydroxyl groups is 3. The van der Waals surface area contributed by atoms with Crippen molar-refractivity contribution in [1.29, 1.82) is 0 Å². The van der Waals surface area contributed by atoms with Crippen molar-refractivity contribution in [2.75, 3.05) is 0 Å². The largest absolute Gasteiger partial charge is 0.393 e. The Balaban J connectivity index is 1.76. The number of carbonyl (C=O) groups excluding carboxylic acids is 1. The van der Waals surface area contributed by atoms with E-state index in [4.69, 9.17) is 0 Å². The predicted octanol–water partition coefficient (Wildman–Crippen LogP) is 3.91. The van der Waals surface area contributed by atoms with Crippen LogP contribution in [-0.4, -0.2) is 33.0 Å². The Kier molecular flexibility index (Phi) is 5.04. The third-order valence-electron chi connectivity index (χ3n) is 9.92. The highest BCUT2D eigenvalue weighted by molar-refractivity contribution is 5.91. The SMILES string of the molecule is CCC[C@@H](C)[C@H]1C(=O)C(O)(O)[C@H]2[C@@H]3C(O)CC4CCCC[C@]4(C)[C@H]3CC[C@]12C. The number of carbonyl (C=O) groups is 1. The van der Waals surface area contributed by atoms with Crippen molar-refractivity contribution >= 4 is 5.78 Å². The van der Waals surface area contributed by atoms with Gasteiger partial charge in [-0.25, -0.2) is 0 Å². The Bertz CT molecular complexity index is 630. The van der Waals surface area contributed by atoms with Gasteiger partial charge in [-0.15, -0.1) is 0 Å². The van der Waals surface area contributed by atoms with Crippen LogP contribution in [0.4, 0.5) is 0 Å². The molecule has 0 aromatic rings. The van der Waals surface area contributed by atoms with Gasteiger partial charge < -0.3 is 15.3 Å². The van der Waals surface area contributed by atoms with Gasteiger partial charge in [-0.3, -0.25) is 4.79 Å². The number of hydrogen-bond donors (Lipinski definition) is 3. The molecule has 28 heavy (non-hydrogen) atoms. The van der Waals surface area contributed by atoms with Crippen molar-refractivity contribution < 1.29 is 20.1 Å². The van der Waals surface area contributed by atoms with E-state index in [-0.39, 0.29) is 34.9 Å². The third-order valence-corrected chi connectivity index (χ3v) is 9.92. The Morgan fingerprint density at radius 3 is 2.50 bits per heavy atom. The van der Waals surface area contributed by atoms with Crippen LogP contribution in [0.1, 0.15) is 85.5 Å². The van der Waals surface area contributed by atoms with E-state index < -0.39 is 23.2 Å². The lowest BCUT2D eigenvalue weighted by Crippen LogP contribution is -2.61. The molecular weight excluding hydrogens is 352 g/mol. The Labute approximate surface area is 170 Å². The highest BCUT2D eigenvalue weighted by Crippen LogP contribution is 2.69. The first kappa shape index (κ1) is 20.8. The van der Waals surface area contributed by atoms with E-state index in [1.807, 2.05) is 0 Å². The fraction of sp³-hybridized carbons (Fsp3) is 0.958. The van der Waals surface area contributed by atoms with Crippen molar-refractivity contribution in [3.63, 3.8) is 0 Å². The smallest absolute Gasteiger partial charge is 0.228 e. The lowest BCUT2D eigenvalue weighted by molar-refractivity contribution is -0.250. The summed E-state index contributed by atoms with van der Waals surface area (Å²) in [6, 6.07) is 0. The summed E-state index contributed by atoms with van der Waals surface area (Å²) in [4.78, 5) is 13.3. The van der Waals surface area contributed by atoms with Crippen molar-refractivity contribution in [3.05, 3.63) is 0 Å². The average Bonchev–Trinajstić information content (AvgIpc) is 2.78. The highest BCUT2D eigenvalue weighted by Gasteiger charge is 2.72. The fourth-order valence-electron chi connectivity index (χ4n) is 8.79. The number of hydrogen-bond acceptors (Lipinski definition) is 4. The summed E-state index contributed by atoms with van der Waals surface area (Å²) < 4.78 is 0. The van der Waals surface area contributed by atoms with Crippen LogP contribution >= 0.6 is 0 Å². The molecule has 4 saturated carbocycles. The molecule has 4 aliphatic carbocycles. The number of ketones is 1. The van der Waals surface area contributed by atoms with Crippen LogP contribution in [0.3, 0.4) is 0 Å². The van der Waals surface area contributed by atoms with Gasteiger partial charge in [0.2, 0.25) is 5.79 Å². The third kappa shape index (κ3) is 2.63. The quantitative estimate of drug-likeness (QED) is 0.636. The van der Waals surface area contributed by atoms with E-state index >= 15 is 0 Å². The van der Waals surface area contributed by atoms with Crippen LogP contribution in [0.5, 0.6) is 0 Å². The van der Waals surface area contributed by atoms with E-state index in [0.29, 0.717) is 5.92 Å². The van der Waals surface area contributed by atoms with Gasteiger partial charge in [0.05, 0.1) is 6.10 Å². The summed E-state index contributed by atoms with van der Waals surface area (Å²) in [5.41, 5.74) is -0.273. The van der Waals surface area contributed by atoms with Crippen LogP contribution in [-0.2, 0) is 4.79 Å². The van der Waals surface area contributed by atoms with Crippen LogP contribution in [0.2, 0.25) is 0 Å². The molecule has 0 aliphatic heterocycles. The number of rotatable bonds is 3. The second kappa shape index (κ2) is 6.78. The fourth-order valence-corrected chi connectivity index (χ4v) is 8.79. The summed E-state index contributed by atoms with van der Waals surface area (Å²) >= 11 is 0. The second-order valence-corrected chi connectivity index (χ2v) is 11.3. The molecule has 0 amide bonds. The molecule has 0 saturated heterocycles. The molecule has 3 N–H and O–H groups in total. The van der Waals surface area contributed by atoms with Gasteiger partial charge in [0, 0.05) is 11.8 Å². The van der Waals surface area contributed by atoms with Gasteiger partial charge >= 0.3 is 0 Å². The maximum absolute atomic E-state index is 13.3. The minimum absolute atomic E-state index is 0.140. The van der Waals surface area contributed by atoms with Gasteiger partial charge in [-0.2, -0.15) is 0 Å². The van der Waals surface area contributed by atoms with E-state index in [0.717, 1.165) is 32.1 Å².